The average Bonchev–Trinajstić information content (AvgIpc) is 2.26. The minimum atomic E-state index is -0.436. The van der Waals surface area contributed by atoms with Crippen molar-refractivity contribution in [3.63, 3.8) is 0 Å². The Kier molecular flexibility index (Phi) is 5.73. The predicted octanol–water partition coefficient (Wildman–Crippen LogP) is 2.95. The molecule has 1 aliphatic heterocycles. The summed E-state index contributed by atoms with van der Waals surface area (Å²) >= 11 is 6.20. The second-order valence-corrected chi connectivity index (χ2v) is 6.30. The third-order valence-electron chi connectivity index (χ3n) is 2.98. The van der Waals surface area contributed by atoms with Crippen molar-refractivity contribution in [2.75, 3.05) is 13.1 Å². The molecule has 1 heterocycles. The van der Waals surface area contributed by atoms with E-state index in [1.54, 1.807) is 0 Å². The van der Waals surface area contributed by atoms with Crippen LogP contribution in [0.3, 0.4) is 0 Å². The molecule has 1 atom stereocenters. The van der Waals surface area contributed by atoms with Gasteiger partial charge in [-0.05, 0) is 40.0 Å². The van der Waals surface area contributed by atoms with Crippen LogP contribution in [0.4, 0.5) is 4.79 Å². The summed E-state index contributed by atoms with van der Waals surface area (Å²) < 4.78 is 5.25. The SMILES string of the molecule is CCC(Cl)N1CCC(NC(=O)OC(C)(C)C)CC1. The fraction of sp³-hybridized carbons (Fsp3) is 0.923. The third kappa shape index (κ3) is 5.44. The van der Waals surface area contributed by atoms with Gasteiger partial charge >= 0.3 is 6.09 Å². The summed E-state index contributed by atoms with van der Waals surface area (Å²) in [5.74, 6) is 0. The molecule has 1 fully saturated rings. The number of nitrogens with zero attached hydrogens (tertiary/aromatic N) is 1. The highest BCUT2D eigenvalue weighted by Crippen LogP contribution is 2.17. The Morgan fingerprint density at radius 1 is 1.44 bits per heavy atom. The van der Waals surface area contributed by atoms with Crippen LogP contribution in [0.15, 0.2) is 0 Å². The molecule has 1 rings (SSSR count). The summed E-state index contributed by atoms with van der Waals surface area (Å²) in [7, 11) is 0. The molecular formula is C13H25ClN2O2. The van der Waals surface area contributed by atoms with E-state index >= 15 is 0 Å². The number of piperidine rings is 1. The lowest BCUT2D eigenvalue weighted by atomic mass is 10.1. The summed E-state index contributed by atoms with van der Waals surface area (Å²) in [5, 5.41) is 2.92. The maximum absolute atomic E-state index is 11.6. The zero-order valence-corrected chi connectivity index (χ0v) is 12.6. The molecule has 0 aromatic carbocycles. The molecular weight excluding hydrogens is 252 g/mol. The van der Waals surface area contributed by atoms with Crippen LogP contribution in [-0.4, -0.2) is 41.2 Å². The Balaban J connectivity index is 2.29. The number of alkyl halides is 1. The molecule has 0 saturated carbocycles. The summed E-state index contributed by atoms with van der Waals surface area (Å²) in [4.78, 5) is 13.9. The first kappa shape index (κ1) is 15.6. The van der Waals surface area contributed by atoms with E-state index in [2.05, 4.69) is 17.1 Å². The molecule has 0 radical (unpaired) electrons. The fourth-order valence-corrected chi connectivity index (χ4v) is 2.25. The topological polar surface area (TPSA) is 41.6 Å². The lowest BCUT2D eigenvalue weighted by Crippen LogP contribution is -2.47. The van der Waals surface area contributed by atoms with Gasteiger partial charge in [0, 0.05) is 19.1 Å². The van der Waals surface area contributed by atoms with E-state index in [-0.39, 0.29) is 17.6 Å². The van der Waals surface area contributed by atoms with Crippen LogP contribution in [0.2, 0.25) is 0 Å². The van der Waals surface area contributed by atoms with Crippen molar-refractivity contribution in [1.29, 1.82) is 0 Å². The van der Waals surface area contributed by atoms with Crippen molar-refractivity contribution in [2.45, 2.75) is 64.1 Å². The van der Waals surface area contributed by atoms with Crippen molar-refractivity contribution in [2.24, 2.45) is 0 Å². The predicted molar refractivity (Wildman–Crippen MR) is 73.9 cm³/mol. The molecule has 1 N–H and O–H groups in total. The molecule has 0 spiro atoms. The maximum atomic E-state index is 11.6. The van der Waals surface area contributed by atoms with E-state index in [1.165, 1.54) is 0 Å². The smallest absolute Gasteiger partial charge is 0.407 e. The number of rotatable bonds is 3. The second kappa shape index (κ2) is 6.62. The van der Waals surface area contributed by atoms with E-state index in [4.69, 9.17) is 16.3 Å². The Bertz CT molecular complexity index is 271. The first-order chi connectivity index (χ1) is 8.31. The fourth-order valence-electron chi connectivity index (χ4n) is 2.06. The lowest BCUT2D eigenvalue weighted by molar-refractivity contribution is 0.0476. The number of alkyl carbamates (subject to hydrolysis) is 1. The van der Waals surface area contributed by atoms with E-state index in [9.17, 15) is 4.79 Å². The quantitative estimate of drug-likeness (QED) is 0.636. The van der Waals surface area contributed by atoms with Crippen LogP contribution in [-0.2, 0) is 4.74 Å². The van der Waals surface area contributed by atoms with Gasteiger partial charge in [0.1, 0.15) is 5.60 Å². The van der Waals surface area contributed by atoms with Gasteiger partial charge in [0.15, 0.2) is 0 Å². The number of hydrogen-bond acceptors (Lipinski definition) is 3. The van der Waals surface area contributed by atoms with E-state index in [1.807, 2.05) is 20.8 Å². The molecule has 0 aliphatic carbocycles. The molecule has 1 saturated heterocycles. The minimum Gasteiger partial charge on any atom is -0.444 e. The summed E-state index contributed by atoms with van der Waals surface area (Å²) in [5.41, 5.74) is -0.318. The number of carbonyl (C=O) groups is 1. The average molecular weight is 277 g/mol. The number of likely N-dealkylation sites (tertiary alicyclic amines) is 1. The van der Waals surface area contributed by atoms with Gasteiger partial charge in [0.25, 0.3) is 0 Å². The van der Waals surface area contributed by atoms with Gasteiger partial charge in [-0.3, -0.25) is 4.90 Å². The Labute approximate surface area is 115 Å². The van der Waals surface area contributed by atoms with E-state index in [0.717, 1.165) is 32.4 Å². The van der Waals surface area contributed by atoms with Gasteiger partial charge in [0.05, 0.1) is 5.50 Å². The minimum absolute atomic E-state index is 0.118. The summed E-state index contributed by atoms with van der Waals surface area (Å²) in [6.07, 6.45) is 2.50. The highest BCUT2D eigenvalue weighted by atomic mass is 35.5. The van der Waals surface area contributed by atoms with Crippen molar-refractivity contribution in [1.82, 2.24) is 10.2 Å². The van der Waals surface area contributed by atoms with E-state index in [0.29, 0.717) is 0 Å². The van der Waals surface area contributed by atoms with Gasteiger partial charge in [-0.15, -0.1) is 11.6 Å². The van der Waals surface area contributed by atoms with Gasteiger partial charge in [0.2, 0.25) is 0 Å². The number of nitrogens with one attached hydrogen (secondary N) is 1. The zero-order chi connectivity index (χ0) is 13.8. The third-order valence-corrected chi connectivity index (χ3v) is 3.57. The Hall–Kier alpha value is -0.480. The van der Waals surface area contributed by atoms with Crippen molar-refractivity contribution >= 4 is 17.7 Å². The van der Waals surface area contributed by atoms with Gasteiger partial charge < -0.3 is 10.1 Å². The molecule has 1 amide bonds. The molecule has 106 valence electrons. The number of hydrogen-bond donors (Lipinski definition) is 1. The normalized spacial score (nSPS) is 20.5. The summed E-state index contributed by atoms with van der Waals surface area (Å²) in [6.45, 7) is 9.56. The first-order valence-electron chi connectivity index (χ1n) is 6.69. The molecule has 0 aromatic rings. The van der Waals surface area contributed by atoms with Crippen LogP contribution in [0.1, 0.15) is 47.0 Å². The first-order valence-corrected chi connectivity index (χ1v) is 7.13. The highest BCUT2D eigenvalue weighted by molar-refractivity contribution is 6.20. The monoisotopic (exact) mass is 276 g/mol. The van der Waals surface area contributed by atoms with Crippen LogP contribution in [0.25, 0.3) is 0 Å². The summed E-state index contributed by atoms with van der Waals surface area (Å²) in [6, 6.07) is 0.205. The van der Waals surface area contributed by atoms with Crippen molar-refractivity contribution < 1.29 is 9.53 Å². The standard InChI is InChI=1S/C13H25ClN2O2/c1-5-11(14)16-8-6-10(7-9-16)15-12(17)18-13(2,3)4/h10-11H,5-9H2,1-4H3,(H,15,17). The zero-order valence-electron chi connectivity index (χ0n) is 11.8. The molecule has 18 heavy (non-hydrogen) atoms. The molecule has 1 unspecified atom stereocenters. The molecule has 0 bridgehead atoms. The Morgan fingerprint density at radius 2 is 2.00 bits per heavy atom. The van der Waals surface area contributed by atoms with Gasteiger partial charge in [-0.2, -0.15) is 0 Å². The van der Waals surface area contributed by atoms with Crippen LogP contribution < -0.4 is 5.32 Å². The molecule has 5 heteroatoms. The van der Waals surface area contributed by atoms with Crippen molar-refractivity contribution in [3.8, 4) is 0 Å². The van der Waals surface area contributed by atoms with Gasteiger partial charge in [-0.25, -0.2) is 4.79 Å². The molecule has 1 aliphatic rings. The maximum Gasteiger partial charge on any atom is 0.407 e. The van der Waals surface area contributed by atoms with E-state index < -0.39 is 5.60 Å². The van der Waals surface area contributed by atoms with Crippen LogP contribution >= 0.6 is 11.6 Å². The van der Waals surface area contributed by atoms with Gasteiger partial charge in [-0.1, -0.05) is 6.92 Å². The Morgan fingerprint density at radius 3 is 2.44 bits per heavy atom. The van der Waals surface area contributed by atoms with Crippen LogP contribution in [0, 0.1) is 0 Å². The van der Waals surface area contributed by atoms with Crippen molar-refractivity contribution in [3.05, 3.63) is 0 Å². The number of amides is 1. The van der Waals surface area contributed by atoms with Crippen LogP contribution in [0.5, 0.6) is 0 Å². The largest absolute Gasteiger partial charge is 0.444 e. The number of ether oxygens (including phenoxy) is 1. The number of halogens is 1. The molecule has 4 nitrogen and oxygen atoms in total. The molecule has 0 aromatic heterocycles. The lowest BCUT2D eigenvalue weighted by Gasteiger charge is -2.35. The number of carbonyl (C=O) groups excluding carboxylic acids is 1. The second-order valence-electron chi connectivity index (χ2n) is 5.80. The highest BCUT2D eigenvalue weighted by Gasteiger charge is 2.25.